The second-order valence-electron chi connectivity index (χ2n) is 5.06. The molecule has 0 aliphatic heterocycles. The van der Waals surface area contributed by atoms with Gasteiger partial charge in [0.05, 0.1) is 12.2 Å². The average Bonchev–Trinajstić information content (AvgIpc) is 2.21. The van der Waals surface area contributed by atoms with E-state index in [0.29, 0.717) is 6.42 Å². The fourth-order valence-corrected chi connectivity index (χ4v) is 2.06. The Bertz CT molecular complexity index is 432. The zero-order valence-corrected chi connectivity index (χ0v) is 11.2. The predicted molar refractivity (Wildman–Crippen MR) is 67.7 cm³/mol. The average molecular weight is 253 g/mol. The summed E-state index contributed by atoms with van der Waals surface area (Å²) >= 11 is 0. The second-order valence-corrected chi connectivity index (χ2v) is 5.06. The summed E-state index contributed by atoms with van der Waals surface area (Å²) in [4.78, 5) is 27.5. The molecule has 0 heterocycles. The summed E-state index contributed by atoms with van der Waals surface area (Å²) in [7, 11) is 1.40. The first kappa shape index (κ1) is 14.4. The molecule has 0 aromatic heterocycles. The third-order valence-electron chi connectivity index (χ3n) is 2.78. The van der Waals surface area contributed by atoms with Crippen LogP contribution in [-0.4, -0.2) is 36.2 Å². The first-order chi connectivity index (χ1) is 8.32. The molecule has 0 saturated heterocycles. The maximum absolute atomic E-state index is 12.0. The highest BCUT2D eigenvalue weighted by Crippen LogP contribution is 2.36. The Hall–Kier alpha value is -1.65. The number of Topliss-reactive ketones (excluding diaryl/α,β-unsaturated/α-hetero) is 1. The minimum atomic E-state index is -0.672. The molecule has 0 radical (unpaired) electrons. The monoisotopic (exact) mass is 253 g/mol. The number of aliphatic hydroxyl groups is 1. The standard InChI is InChI=1S/C13H19NO4/c1-5-18-12(17)11(14-4)10-8(15)6-13(2,3)7-9(10)16/h15H,5-7H2,1-4H3. The highest BCUT2D eigenvalue weighted by molar-refractivity contribution is 6.50. The van der Waals surface area contributed by atoms with Gasteiger partial charge in [-0.15, -0.1) is 0 Å². The molecule has 5 heteroatoms. The van der Waals surface area contributed by atoms with Crippen molar-refractivity contribution in [3.8, 4) is 0 Å². The number of nitrogens with zero attached hydrogens (tertiary/aromatic N) is 1. The lowest BCUT2D eigenvalue weighted by molar-refractivity contribution is -0.135. The zero-order valence-electron chi connectivity index (χ0n) is 11.2. The maximum atomic E-state index is 12.0. The van der Waals surface area contributed by atoms with Crippen molar-refractivity contribution < 1.29 is 19.4 Å². The van der Waals surface area contributed by atoms with Crippen molar-refractivity contribution in [1.29, 1.82) is 0 Å². The van der Waals surface area contributed by atoms with Gasteiger partial charge >= 0.3 is 5.97 Å². The van der Waals surface area contributed by atoms with Crippen molar-refractivity contribution in [2.45, 2.75) is 33.6 Å². The highest BCUT2D eigenvalue weighted by atomic mass is 16.5. The van der Waals surface area contributed by atoms with Crippen molar-refractivity contribution >= 4 is 17.5 Å². The quantitative estimate of drug-likeness (QED) is 0.615. The molecule has 0 fully saturated rings. The fourth-order valence-electron chi connectivity index (χ4n) is 2.06. The van der Waals surface area contributed by atoms with Crippen LogP contribution >= 0.6 is 0 Å². The largest absolute Gasteiger partial charge is 0.511 e. The maximum Gasteiger partial charge on any atom is 0.357 e. The number of rotatable bonds is 3. The minimum absolute atomic E-state index is 0.00951. The van der Waals surface area contributed by atoms with Gasteiger partial charge in [-0.2, -0.15) is 0 Å². The molecule has 0 aromatic rings. The first-order valence-electron chi connectivity index (χ1n) is 5.92. The Labute approximate surface area is 107 Å². The SMILES string of the molecule is CCOC(=O)C(=NC)C1=C(O)CC(C)(C)CC1=O. The first-order valence-corrected chi connectivity index (χ1v) is 5.92. The molecular weight excluding hydrogens is 234 g/mol. The van der Waals surface area contributed by atoms with Gasteiger partial charge in [-0.3, -0.25) is 9.79 Å². The summed E-state index contributed by atoms with van der Waals surface area (Å²) in [5.74, 6) is -1.02. The van der Waals surface area contributed by atoms with Crippen LogP contribution in [0.3, 0.4) is 0 Å². The van der Waals surface area contributed by atoms with E-state index in [-0.39, 0.29) is 41.3 Å². The third-order valence-corrected chi connectivity index (χ3v) is 2.78. The number of allylic oxidation sites excluding steroid dienone is 1. The van der Waals surface area contributed by atoms with E-state index in [2.05, 4.69) is 4.99 Å². The number of ether oxygens (including phenoxy) is 1. The van der Waals surface area contributed by atoms with Crippen molar-refractivity contribution in [2.75, 3.05) is 13.7 Å². The van der Waals surface area contributed by atoms with Gasteiger partial charge < -0.3 is 9.84 Å². The molecular formula is C13H19NO4. The van der Waals surface area contributed by atoms with E-state index in [1.165, 1.54) is 7.05 Å². The summed E-state index contributed by atoms with van der Waals surface area (Å²) < 4.78 is 4.83. The van der Waals surface area contributed by atoms with E-state index >= 15 is 0 Å². The third kappa shape index (κ3) is 2.97. The summed E-state index contributed by atoms with van der Waals surface area (Å²) in [5, 5.41) is 9.96. The van der Waals surface area contributed by atoms with Crippen LogP contribution in [0.4, 0.5) is 0 Å². The lowest BCUT2D eigenvalue weighted by atomic mass is 9.75. The fraction of sp³-hybridized carbons (Fsp3) is 0.615. The number of esters is 1. The van der Waals surface area contributed by atoms with Gasteiger partial charge in [-0.05, 0) is 12.3 Å². The van der Waals surface area contributed by atoms with Crippen molar-refractivity contribution in [3.05, 3.63) is 11.3 Å². The molecule has 1 aliphatic carbocycles. The van der Waals surface area contributed by atoms with E-state index in [4.69, 9.17) is 4.74 Å². The van der Waals surface area contributed by atoms with Gasteiger partial charge in [0, 0.05) is 19.9 Å². The van der Waals surface area contributed by atoms with Gasteiger partial charge in [0.15, 0.2) is 11.5 Å². The Morgan fingerprint density at radius 3 is 2.50 bits per heavy atom. The topological polar surface area (TPSA) is 76.0 Å². The number of hydrogen-bond acceptors (Lipinski definition) is 5. The summed E-state index contributed by atoms with van der Waals surface area (Å²) in [6, 6.07) is 0. The van der Waals surface area contributed by atoms with Gasteiger partial charge in [0.1, 0.15) is 5.76 Å². The van der Waals surface area contributed by atoms with Crippen molar-refractivity contribution in [1.82, 2.24) is 0 Å². The molecule has 1 N–H and O–H groups in total. The van der Waals surface area contributed by atoms with E-state index < -0.39 is 5.97 Å². The summed E-state index contributed by atoms with van der Waals surface area (Å²) in [5.41, 5.74) is -0.372. The van der Waals surface area contributed by atoms with Gasteiger partial charge in [0.2, 0.25) is 0 Å². The summed E-state index contributed by atoms with van der Waals surface area (Å²) in [6.45, 7) is 5.66. The Morgan fingerprint density at radius 2 is 2.06 bits per heavy atom. The van der Waals surface area contributed by atoms with E-state index in [1.807, 2.05) is 13.8 Å². The minimum Gasteiger partial charge on any atom is -0.511 e. The van der Waals surface area contributed by atoms with Gasteiger partial charge in [-0.25, -0.2) is 4.79 Å². The second kappa shape index (κ2) is 5.33. The molecule has 18 heavy (non-hydrogen) atoms. The van der Waals surface area contributed by atoms with Gasteiger partial charge in [-0.1, -0.05) is 13.8 Å². The van der Waals surface area contributed by atoms with E-state index in [1.54, 1.807) is 6.92 Å². The number of carbonyl (C=O) groups is 2. The van der Waals surface area contributed by atoms with Crippen LogP contribution in [0.2, 0.25) is 0 Å². The number of ketones is 1. The lowest BCUT2D eigenvalue weighted by Crippen LogP contribution is -2.33. The van der Waals surface area contributed by atoms with Crippen LogP contribution in [0.15, 0.2) is 16.3 Å². The Kier molecular flexibility index (Phi) is 4.27. The van der Waals surface area contributed by atoms with Crippen LogP contribution < -0.4 is 0 Å². The molecule has 5 nitrogen and oxygen atoms in total. The Morgan fingerprint density at radius 1 is 1.44 bits per heavy atom. The van der Waals surface area contributed by atoms with E-state index in [9.17, 15) is 14.7 Å². The molecule has 0 atom stereocenters. The zero-order chi connectivity index (χ0) is 13.9. The van der Waals surface area contributed by atoms with E-state index in [0.717, 1.165) is 0 Å². The Balaban J connectivity index is 3.14. The van der Waals surface area contributed by atoms with Crippen molar-refractivity contribution in [2.24, 2.45) is 10.4 Å². The van der Waals surface area contributed by atoms with Crippen LogP contribution in [0.5, 0.6) is 0 Å². The number of aliphatic hydroxyl groups excluding tert-OH is 1. The normalized spacial score (nSPS) is 20.0. The number of hydrogen-bond donors (Lipinski definition) is 1. The molecule has 0 spiro atoms. The van der Waals surface area contributed by atoms with Crippen LogP contribution in [0.25, 0.3) is 0 Å². The summed E-state index contributed by atoms with van der Waals surface area (Å²) in [6.07, 6.45) is 0.636. The predicted octanol–water partition coefficient (Wildman–Crippen LogP) is 1.82. The number of aliphatic imine (C=N–C) groups is 1. The molecule has 1 rings (SSSR count). The van der Waals surface area contributed by atoms with Gasteiger partial charge in [0.25, 0.3) is 0 Å². The smallest absolute Gasteiger partial charge is 0.357 e. The lowest BCUT2D eigenvalue weighted by Gasteiger charge is -2.29. The van der Waals surface area contributed by atoms with Crippen LogP contribution in [0.1, 0.15) is 33.6 Å². The molecule has 0 aromatic carbocycles. The molecule has 100 valence electrons. The highest BCUT2D eigenvalue weighted by Gasteiger charge is 2.37. The number of carbonyl (C=O) groups excluding carboxylic acids is 2. The molecule has 1 aliphatic rings. The van der Waals surface area contributed by atoms with Crippen LogP contribution in [-0.2, 0) is 14.3 Å². The van der Waals surface area contributed by atoms with Crippen molar-refractivity contribution in [3.63, 3.8) is 0 Å². The molecule has 0 bridgehead atoms. The van der Waals surface area contributed by atoms with Crippen LogP contribution in [0, 0.1) is 5.41 Å². The molecule has 0 amide bonds. The molecule has 0 unspecified atom stereocenters. The molecule has 0 saturated carbocycles.